The monoisotopic (exact) mass is 256 g/mol. The Kier molecular flexibility index (Phi) is 6.61. The second-order valence-corrected chi connectivity index (χ2v) is 6.26. The number of morpholine rings is 1. The van der Waals surface area contributed by atoms with Gasteiger partial charge in [0.1, 0.15) is 0 Å². The molecule has 1 aliphatic rings. The Morgan fingerprint density at radius 1 is 1.33 bits per heavy atom. The first-order valence-corrected chi connectivity index (χ1v) is 7.61. The fraction of sp³-hybridized carbons (Fsp3) is 1.00. The summed E-state index contributed by atoms with van der Waals surface area (Å²) in [7, 11) is 0. The zero-order valence-electron chi connectivity index (χ0n) is 13.0. The molecule has 0 aromatic heterocycles. The van der Waals surface area contributed by atoms with Crippen molar-refractivity contribution in [2.75, 3.05) is 26.2 Å². The van der Waals surface area contributed by atoms with Crippen molar-refractivity contribution in [1.82, 2.24) is 10.2 Å². The van der Waals surface area contributed by atoms with Gasteiger partial charge in [-0.3, -0.25) is 4.90 Å². The van der Waals surface area contributed by atoms with Crippen molar-refractivity contribution in [3.63, 3.8) is 0 Å². The zero-order chi connectivity index (χ0) is 13.6. The Morgan fingerprint density at radius 2 is 2.06 bits per heavy atom. The minimum atomic E-state index is -0.00554. The van der Waals surface area contributed by atoms with Crippen molar-refractivity contribution in [2.45, 2.75) is 71.6 Å². The smallest absolute Gasteiger partial charge is 0.0757 e. The van der Waals surface area contributed by atoms with Crippen molar-refractivity contribution >= 4 is 0 Å². The minimum absolute atomic E-state index is 0.00554. The van der Waals surface area contributed by atoms with Crippen LogP contribution in [-0.4, -0.2) is 48.8 Å². The van der Waals surface area contributed by atoms with Gasteiger partial charge in [-0.2, -0.15) is 0 Å². The first-order chi connectivity index (χ1) is 8.48. The highest BCUT2D eigenvalue weighted by Gasteiger charge is 2.34. The third-order valence-corrected chi connectivity index (χ3v) is 3.54. The maximum absolute atomic E-state index is 6.00. The molecule has 0 aromatic rings. The molecule has 1 aliphatic heterocycles. The van der Waals surface area contributed by atoms with E-state index in [1.165, 1.54) is 19.3 Å². The predicted octanol–water partition coefficient (Wildman–Crippen LogP) is 2.65. The number of nitrogens with zero attached hydrogens (tertiary/aromatic N) is 1. The topological polar surface area (TPSA) is 24.5 Å². The molecule has 108 valence electrons. The third-order valence-electron chi connectivity index (χ3n) is 3.54. The fourth-order valence-electron chi connectivity index (χ4n) is 2.97. The Balaban J connectivity index is 2.54. The van der Waals surface area contributed by atoms with Gasteiger partial charge in [0.15, 0.2) is 0 Å². The van der Waals surface area contributed by atoms with Crippen molar-refractivity contribution < 1.29 is 4.74 Å². The van der Waals surface area contributed by atoms with Crippen LogP contribution >= 0.6 is 0 Å². The molecule has 1 saturated heterocycles. The van der Waals surface area contributed by atoms with Gasteiger partial charge in [-0.1, -0.05) is 20.3 Å². The first-order valence-electron chi connectivity index (χ1n) is 7.61. The zero-order valence-corrected chi connectivity index (χ0v) is 13.0. The molecule has 1 heterocycles. The largest absolute Gasteiger partial charge is 0.370 e. The molecule has 1 fully saturated rings. The van der Waals surface area contributed by atoms with Gasteiger partial charge in [-0.15, -0.1) is 0 Å². The molecule has 0 spiro atoms. The van der Waals surface area contributed by atoms with Gasteiger partial charge in [-0.25, -0.2) is 0 Å². The van der Waals surface area contributed by atoms with Crippen molar-refractivity contribution in [3.8, 4) is 0 Å². The molecule has 0 aromatic carbocycles. The Bertz CT molecular complexity index is 231. The SMILES string of the molecule is CCCNCC(CCC)N1CC(C)OC(C)(C)C1. The van der Waals surface area contributed by atoms with Crippen LogP contribution < -0.4 is 5.32 Å². The van der Waals surface area contributed by atoms with Gasteiger partial charge < -0.3 is 10.1 Å². The summed E-state index contributed by atoms with van der Waals surface area (Å²) in [5.74, 6) is 0. The Hall–Kier alpha value is -0.120. The Labute approximate surface area is 113 Å². The van der Waals surface area contributed by atoms with E-state index in [2.05, 4.69) is 44.8 Å². The van der Waals surface area contributed by atoms with E-state index >= 15 is 0 Å². The van der Waals surface area contributed by atoms with Gasteiger partial charge >= 0.3 is 0 Å². The number of nitrogens with one attached hydrogen (secondary N) is 1. The fourth-order valence-corrected chi connectivity index (χ4v) is 2.97. The summed E-state index contributed by atoms with van der Waals surface area (Å²) in [6.45, 7) is 15.5. The van der Waals surface area contributed by atoms with E-state index in [4.69, 9.17) is 4.74 Å². The van der Waals surface area contributed by atoms with E-state index in [0.717, 1.165) is 26.2 Å². The minimum Gasteiger partial charge on any atom is -0.370 e. The van der Waals surface area contributed by atoms with Crippen LogP contribution in [0.3, 0.4) is 0 Å². The number of rotatable bonds is 7. The van der Waals surface area contributed by atoms with Crippen LogP contribution in [0.25, 0.3) is 0 Å². The Morgan fingerprint density at radius 3 is 2.61 bits per heavy atom. The molecule has 0 amide bonds. The highest BCUT2D eigenvalue weighted by atomic mass is 16.5. The molecular formula is C15H32N2O. The summed E-state index contributed by atoms with van der Waals surface area (Å²) < 4.78 is 6.00. The number of ether oxygens (including phenoxy) is 1. The highest BCUT2D eigenvalue weighted by molar-refractivity contribution is 4.87. The molecule has 1 rings (SSSR count). The van der Waals surface area contributed by atoms with E-state index < -0.39 is 0 Å². The van der Waals surface area contributed by atoms with Crippen LogP contribution in [0.15, 0.2) is 0 Å². The summed E-state index contributed by atoms with van der Waals surface area (Å²) in [5, 5.41) is 3.58. The maximum Gasteiger partial charge on any atom is 0.0757 e. The molecule has 1 N–H and O–H groups in total. The quantitative estimate of drug-likeness (QED) is 0.709. The molecule has 18 heavy (non-hydrogen) atoms. The third kappa shape index (κ3) is 5.25. The van der Waals surface area contributed by atoms with Gasteiger partial charge in [0.25, 0.3) is 0 Å². The van der Waals surface area contributed by atoms with E-state index in [-0.39, 0.29) is 5.60 Å². The molecule has 3 nitrogen and oxygen atoms in total. The molecule has 0 saturated carbocycles. The summed E-state index contributed by atoms with van der Waals surface area (Å²) in [4.78, 5) is 2.63. The van der Waals surface area contributed by atoms with Gasteiger partial charge in [0, 0.05) is 25.7 Å². The normalized spacial score (nSPS) is 26.2. The van der Waals surface area contributed by atoms with E-state index in [1.54, 1.807) is 0 Å². The van der Waals surface area contributed by atoms with E-state index in [1.807, 2.05) is 0 Å². The molecule has 2 unspecified atom stereocenters. The predicted molar refractivity (Wildman–Crippen MR) is 78.1 cm³/mol. The molecule has 3 heteroatoms. The number of hydrogen-bond donors (Lipinski definition) is 1. The molecular weight excluding hydrogens is 224 g/mol. The molecule has 0 bridgehead atoms. The molecule has 0 radical (unpaired) electrons. The van der Waals surface area contributed by atoms with Gasteiger partial charge in [0.2, 0.25) is 0 Å². The average molecular weight is 256 g/mol. The maximum atomic E-state index is 6.00. The summed E-state index contributed by atoms with van der Waals surface area (Å²) >= 11 is 0. The first kappa shape index (κ1) is 15.9. The lowest BCUT2D eigenvalue weighted by Gasteiger charge is -2.45. The van der Waals surface area contributed by atoms with Crippen LogP contribution in [0.1, 0.15) is 53.9 Å². The van der Waals surface area contributed by atoms with E-state index in [0.29, 0.717) is 12.1 Å². The lowest BCUT2D eigenvalue weighted by Crippen LogP contribution is -2.57. The average Bonchev–Trinajstić information content (AvgIpc) is 2.25. The second kappa shape index (κ2) is 7.46. The van der Waals surface area contributed by atoms with Crippen LogP contribution in [-0.2, 0) is 4.74 Å². The van der Waals surface area contributed by atoms with Crippen LogP contribution in [0.2, 0.25) is 0 Å². The number of hydrogen-bond acceptors (Lipinski definition) is 3. The standard InChI is InChI=1S/C15H32N2O/c1-6-8-14(10-16-9-7-2)17-11-13(3)18-15(4,5)12-17/h13-14,16H,6-12H2,1-5H3. The van der Waals surface area contributed by atoms with Gasteiger partial charge in [-0.05, 0) is 40.2 Å². The van der Waals surface area contributed by atoms with Crippen LogP contribution in [0, 0.1) is 0 Å². The summed E-state index contributed by atoms with van der Waals surface area (Å²) in [5.41, 5.74) is -0.00554. The van der Waals surface area contributed by atoms with Crippen molar-refractivity contribution in [2.24, 2.45) is 0 Å². The van der Waals surface area contributed by atoms with Crippen LogP contribution in [0.5, 0.6) is 0 Å². The van der Waals surface area contributed by atoms with E-state index in [9.17, 15) is 0 Å². The summed E-state index contributed by atoms with van der Waals surface area (Å²) in [6.07, 6.45) is 4.09. The van der Waals surface area contributed by atoms with Crippen molar-refractivity contribution in [1.29, 1.82) is 0 Å². The lowest BCUT2D eigenvalue weighted by atomic mass is 10.0. The highest BCUT2D eigenvalue weighted by Crippen LogP contribution is 2.23. The van der Waals surface area contributed by atoms with Gasteiger partial charge in [0.05, 0.1) is 11.7 Å². The lowest BCUT2D eigenvalue weighted by molar-refractivity contribution is -0.138. The summed E-state index contributed by atoms with van der Waals surface area (Å²) in [6, 6.07) is 0.659. The van der Waals surface area contributed by atoms with Crippen molar-refractivity contribution in [3.05, 3.63) is 0 Å². The molecule has 0 aliphatic carbocycles. The van der Waals surface area contributed by atoms with Crippen LogP contribution in [0.4, 0.5) is 0 Å². The molecule has 2 atom stereocenters. The second-order valence-electron chi connectivity index (χ2n) is 6.26.